The number of nitrogens with zero attached hydrogens (tertiary/aromatic N) is 2. The zero-order valence-electron chi connectivity index (χ0n) is 9.95. The summed E-state index contributed by atoms with van der Waals surface area (Å²) in [6, 6.07) is 8.36. The Kier molecular flexibility index (Phi) is 4.25. The Bertz CT molecular complexity index is 508. The van der Waals surface area contributed by atoms with Crippen LogP contribution in [0.1, 0.15) is 11.4 Å². The first-order valence-electron chi connectivity index (χ1n) is 5.63. The van der Waals surface area contributed by atoms with Gasteiger partial charge < -0.3 is 5.32 Å². The molecule has 1 aromatic heterocycles. The SMILES string of the molecule is Cc1nc(Br)cc(NCCc2ccc(F)cc2)n1. The number of hydrogen-bond donors (Lipinski definition) is 1. The monoisotopic (exact) mass is 309 g/mol. The molecule has 0 amide bonds. The summed E-state index contributed by atoms with van der Waals surface area (Å²) < 4.78 is 13.5. The Morgan fingerprint density at radius 3 is 2.61 bits per heavy atom. The average Bonchev–Trinajstić information content (AvgIpc) is 2.30. The van der Waals surface area contributed by atoms with E-state index in [9.17, 15) is 4.39 Å². The highest BCUT2D eigenvalue weighted by atomic mass is 79.9. The maximum atomic E-state index is 12.7. The van der Waals surface area contributed by atoms with Crippen LogP contribution in [0.25, 0.3) is 0 Å². The third-order valence-electron chi connectivity index (χ3n) is 2.44. The predicted molar refractivity (Wildman–Crippen MR) is 73.1 cm³/mol. The van der Waals surface area contributed by atoms with Crippen LogP contribution >= 0.6 is 15.9 Å². The lowest BCUT2D eigenvalue weighted by molar-refractivity contribution is 0.627. The van der Waals surface area contributed by atoms with Gasteiger partial charge in [-0.3, -0.25) is 0 Å². The van der Waals surface area contributed by atoms with Crippen molar-refractivity contribution in [3.8, 4) is 0 Å². The number of aromatic nitrogens is 2. The molecule has 0 radical (unpaired) electrons. The van der Waals surface area contributed by atoms with Gasteiger partial charge in [-0.15, -0.1) is 0 Å². The van der Waals surface area contributed by atoms with Crippen LogP contribution in [0.4, 0.5) is 10.2 Å². The second-order valence-electron chi connectivity index (χ2n) is 3.93. The third kappa shape index (κ3) is 3.77. The minimum atomic E-state index is -0.206. The summed E-state index contributed by atoms with van der Waals surface area (Å²) in [5.41, 5.74) is 1.09. The molecule has 0 spiro atoms. The minimum absolute atomic E-state index is 0.206. The Morgan fingerprint density at radius 2 is 1.94 bits per heavy atom. The van der Waals surface area contributed by atoms with Crippen LogP contribution in [0.2, 0.25) is 0 Å². The highest BCUT2D eigenvalue weighted by molar-refractivity contribution is 9.10. The third-order valence-corrected chi connectivity index (χ3v) is 2.85. The molecule has 2 rings (SSSR count). The van der Waals surface area contributed by atoms with Crippen LogP contribution in [0, 0.1) is 12.7 Å². The van der Waals surface area contributed by atoms with E-state index in [1.54, 1.807) is 12.1 Å². The van der Waals surface area contributed by atoms with Crippen LogP contribution in [-0.4, -0.2) is 16.5 Å². The van der Waals surface area contributed by atoms with Gasteiger partial charge in [0.1, 0.15) is 22.1 Å². The van der Waals surface area contributed by atoms with Crippen LogP contribution in [0.3, 0.4) is 0 Å². The van der Waals surface area contributed by atoms with Gasteiger partial charge >= 0.3 is 0 Å². The molecule has 1 N–H and O–H groups in total. The Morgan fingerprint density at radius 1 is 1.22 bits per heavy atom. The number of aryl methyl sites for hydroxylation is 1. The van der Waals surface area contributed by atoms with E-state index in [-0.39, 0.29) is 5.82 Å². The Hall–Kier alpha value is -1.49. The number of halogens is 2. The highest BCUT2D eigenvalue weighted by Crippen LogP contribution is 2.12. The van der Waals surface area contributed by atoms with Gasteiger partial charge in [0.25, 0.3) is 0 Å². The molecule has 0 aliphatic heterocycles. The second-order valence-corrected chi connectivity index (χ2v) is 4.74. The van der Waals surface area contributed by atoms with Crippen molar-refractivity contribution >= 4 is 21.7 Å². The summed E-state index contributed by atoms with van der Waals surface area (Å²) in [4.78, 5) is 8.40. The summed E-state index contributed by atoms with van der Waals surface area (Å²) in [6.07, 6.45) is 0.820. The first kappa shape index (κ1) is 13.0. The molecule has 0 aliphatic carbocycles. The van der Waals surface area contributed by atoms with Gasteiger partial charge in [-0.2, -0.15) is 0 Å². The molecule has 94 valence electrons. The standard InChI is InChI=1S/C13H13BrFN3/c1-9-17-12(14)8-13(18-9)16-7-6-10-2-4-11(15)5-3-10/h2-5,8H,6-7H2,1H3,(H,16,17,18). The lowest BCUT2D eigenvalue weighted by Gasteiger charge is -2.06. The van der Waals surface area contributed by atoms with Crippen molar-refractivity contribution in [2.75, 3.05) is 11.9 Å². The van der Waals surface area contributed by atoms with Crippen LogP contribution in [0.5, 0.6) is 0 Å². The first-order chi connectivity index (χ1) is 8.63. The summed E-state index contributed by atoms with van der Waals surface area (Å²) in [6.45, 7) is 2.59. The smallest absolute Gasteiger partial charge is 0.130 e. The van der Waals surface area contributed by atoms with Crippen molar-refractivity contribution in [3.05, 3.63) is 52.1 Å². The van der Waals surface area contributed by atoms with E-state index in [0.29, 0.717) is 5.82 Å². The van der Waals surface area contributed by atoms with Gasteiger partial charge in [0, 0.05) is 12.6 Å². The molecule has 3 nitrogen and oxygen atoms in total. The number of rotatable bonds is 4. The number of anilines is 1. The van der Waals surface area contributed by atoms with Crippen LogP contribution < -0.4 is 5.32 Å². The molecular formula is C13H13BrFN3. The number of hydrogen-bond acceptors (Lipinski definition) is 3. The first-order valence-corrected chi connectivity index (χ1v) is 6.42. The van der Waals surface area contributed by atoms with Crippen molar-refractivity contribution in [2.45, 2.75) is 13.3 Å². The van der Waals surface area contributed by atoms with Crippen LogP contribution in [0.15, 0.2) is 34.9 Å². The molecule has 1 aromatic carbocycles. The highest BCUT2D eigenvalue weighted by Gasteiger charge is 1.99. The fourth-order valence-corrected chi connectivity index (χ4v) is 2.08. The van der Waals surface area contributed by atoms with Gasteiger partial charge in [-0.25, -0.2) is 14.4 Å². The molecule has 18 heavy (non-hydrogen) atoms. The maximum Gasteiger partial charge on any atom is 0.130 e. The molecular weight excluding hydrogens is 297 g/mol. The second kappa shape index (κ2) is 5.91. The molecule has 0 aliphatic rings. The topological polar surface area (TPSA) is 37.8 Å². The molecule has 0 saturated carbocycles. The molecule has 0 atom stereocenters. The summed E-state index contributed by atoms with van der Waals surface area (Å²) >= 11 is 3.32. The minimum Gasteiger partial charge on any atom is -0.370 e. The average molecular weight is 310 g/mol. The zero-order chi connectivity index (χ0) is 13.0. The van der Waals surface area contributed by atoms with Crippen LogP contribution in [-0.2, 0) is 6.42 Å². The zero-order valence-corrected chi connectivity index (χ0v) is 11.5. The molecule has 0 saturated heterocycles. The summed E-state index contributed by atoms with van der Waals surface area (Å²) in [5, 5.41) is 3.21. The molecule has 5 heteroatoms. The van der Waals surface area contributed by atoms with Crippen molar-refractivity contribution in [1.29, 1.82) is 0 Å². The van der Waals surface area contributed by atoms with Gasteiger partial charge in [0.05, 0.1) is 0 Å². The Balaban J connectivity index is 1.90. The number of benzene rings is 1. The molecule has 2 aromatic rings. The van der Waals surface area contributed by atoms with E-state index in [0.717, 1.165) is 29.0 Å². The van der Waals surface area contributed by atoms with Crippen molar-refractivity contribution < 1.29 is 4.39 Å². The lowest BCUT2D eigenvalue weighted by Crippen LogP contribution is -2.07. The van der Waals surface area contributed by atoms with E-state index in [1.807, 2.05) is 13.0 Å². The van der Waals surface area contributed by atoms with Crippen molar-refractivity contribution in [3.63, 3.8) is 0 Å². The van der Waals surface area contributed by atoms with Crippen molar-refractivity contribution in [2.24, 2.45) is 0 Å². The fraction of sp³-hybridized carbons (Fsp3) is 0.231. The van der Waals surface area contributed by atoms with Gasteiger partial charge in [-0.05, 0) is 47.0 Å². The number of nitrogens with one attached hydrogen (secondary N) is 1. The summed E-state index contributed by atoms with van der Waals surface area (Å²) in [7, 11) is 0. The van der Waals surface area contributed by atoms with Gasteiger partial charge in [0.15, 0.2) is 0 Å². The summed E-state index contributed by atoms with van der Waals surface area (Å²) in [5.74, 6) is 1.30. The Labute approximate surface area is 114 Å². The largest absolute Gasteiger partial charge is 0.370 e. The van der Waals surface area contributed by atoms with E-state index < -0.39 is 0 Å². The molecule has 1 heterocycles. The molecule has 0 unspecified atom stereocenters. The van der Waals surface area contributed by atoms with E-state index >= 15 is 0 Å². The molecule has 0 fully saturated rings. The lowest BCUT2D eigenvalue weighted by atomic mass is 10.1. The fourth-order valence-electron chi connectivity index (χ4n) is 1.61. The van der Waals surface area contributed by atoms with E-state index in [4.69, 9.17) is 0 Å². The maximum absolute atomic E-state index is 12.7. The molecule has 0 bridgehead atoms. The van der Waals surface area contributed by atoms with Crippen molar-refractivity contribution in [1.82, 2.24) is 9.97 Å². The predicted octanol–water partition coefficient (Wildman–Crippen LogP) is 3.34. The van der Waals surface area contributed by atoms with Gasteiger partial charge in [-0.1, -0.05) is 12.1 Å². The van der Waals surface area contributed by atoms with E-state index in [2.05, 4.69) is 31.2 Å². The quantitative estimate of drug-likeness (QED) is 0.880. The van der Waals surface area contributed by atoms with Gasteiger partial charge in [0.2, 0.25) is 0 Å². The van der Waals surface area contributed by atoms with E-state index in [1.165, 1.54) is 12.1 Å². The normalized spacial score (nSPS) is 10.4.